The van der Waals surface area contributed by atoms with E-state index in [1.54, 1.807) is 0 Å². The molecule has 0 unspecified atom stereocenters. The highest BCUT2D eigenvalue weighted by atomic mass is 14.1. The van der Waals surface area contributed by atoms with Gasteiger partial charge >= 0.3 is 0 Å². The average Bonchev–Trinajstić information content (AvgIpc) is 2.34. The Morgan fingerprint density at radius 3 is 2.00 bits per heavy atom. The highest BCUT2D eigenvalue weighted by Crippen LogP contribution is 2.22. The molecule has 0 spiro atoms. The van der Waals surface area contributed by atoms with Gasteiger partial charge < -0.3 is 0 Å². The molecule has 0 aliphatic carbocycles. The Balaban J connectivity index is 3.22. The van der Waals surface area contributed by atoms with Gasteiger partial charge in [0.1, 0.15) is 0 Å². The Morgan fingerprint density at radius 1 is 0.737 bits per heavy atom. The van der Waals surface area contributed by atoms with Gasteiger partial charge in [-0.2, -0.15) is 0 Å². The van der Waals surface area contributed by atoms with Crippen molar-refractivity contribution in [1.82, 2.24) is 0 Å². The molecule has 0 nitrogen and oxygen atoms in total. The molecule has 0 aliphatic heterocycles. The van der Waals surface area contributed by atoms with Crippen LogP contribution >= 0.6 is 0 Å². The minimum Gasteiger partial charge on any atom is -0.103 e. The molecule has 0 amide bonds. The molecule has 0 aromatic rings. The minimum absolute atomic E-state index is 0.516. The SMILES string of the molecule is C=CCC=CCC=CCCCCCCCC(C)(C)C. The van der Waals surface area contributed by atoms with Gasteiger partial charge in [0.15, 0.2) is 0 Å². The van der Waals surface area contributed by atoms with Crippen LogP contribution in [0.15, 0.2) is 37.0 Å². The first kappa shape index (κ1) is 18.2. The van der Waals surface area contributed by atoms with Crippen LogP contribution in [0, 0.1) is 5.41 Å². The third-order valence-corrected chi connectivity index (χ3v) is 3.21. The molecule has 0 rings (SSSR count). The smallest absolute Gasteiger partial charge is 0.0169 e. The standard InChI is InChI=1S/C19H34/c1-5-6-7-8-9-10-11-12-13-14-15-16-17-18-19(2,3)4/h5,7-8,10-11H,1,6,9,12-18H2,2-4H3. The van der Waals surface area contributed by atoms with E-state index in [0.717, 1.165) is 12.8 Å². The Hall–Kier alpha value is -0.780. The van der Waals surface area contributed by atoms with Crippen LogP contribution in [0.3, 0.4) is 0 Å². The summed E-state index contributed by atoms with van der Waals surface area (Å²) in [5.74, 6) is 0. The maximum atomic E-state index is 3.69. The van der Waals surface area contributed by atoms with E-state index in [0.29, 0.717) is 5.41 Å². The summed E-state index contributed by atoms with van der Waals surface area (Å²) in [6.45, 7) is 10.7. The van der Waals surface area contributed by atoms with Crippen molar-refractivity contribution in [3.63, 3.8) is 0 Å². The molecule has 0 heterocycles. The number of hydrogen-bond acceptors (Lipinski definition) is 0. The molecule has 0 fully saturated rings. The van der Waals surface area contributed by atoms with Crippen molar-refractivity contribution >= 4 is 0 Å². The summed E-state index contributed by atoms with van der Waals surface area (Å²) in [6, 6.07) is 0. The highest BCUT2D eigenvalue weighted by Gasteiger charge is 2.08. The molecule has 110 valence electrons. The quantitative estimate of drug-likeness (QED) is 0.282. The van der Waals surface area contributed by atoms with E-state index in [4.69, 9.17) is 0 Å². The number of allylic oxidation sites excluding steroid dienone is 5. The lowest BCUT2D eigenvalue weighted by molar-refractivity contribution is 0.356. The maximum absolute atomic E-state index is 3.69. The lowest BCUT2D eigenvalue weighted by atomic mass is 9.89. The Kier molecular flexibility index (Phi) is 11.8. The van der Waals surface area contributed by atoms with E-state index in [1.165, 1.54) is 44.9 Å². The predicted molar refractivity (Wildman–Crippen MR) is 89.5 cm³/mol. The molecule has 19 heavy (non-hydrogen) atoms. The summed E-state index contributed by atoms with van der Waals surface area (Å²) in [5.41, 5.74) is 0.516. The van der Waals surface area contributed by atoms with Gasteiger partial charge in [-0.1, -0.05) is 76.8 Å². The fourth-order valence-electron chi connectivity index (χ4n) is 2.03. The van der Waals surface area contributed by atoms with Crippen LogP contribution in [0.5, 0.6) is 0 Å². The van der Waals surface area contributed by atoms with Gasteiger partial charge in [-0.05, 0) is 37.5 Å². The highest BCUT2D eigenvalue weighted by molar-refractivity contribution is 4.95. The summed E-state index contributed by atoms with van der Waals surface area (Å²) < 4.78 is 0. The molecular weight excluding hydrogens is 228 g/mol. The first-order valence-electron chi connectivity index (χ1n) is 7.97. The summed E-state index contributed by atoms with van der Waals surface area (Å²) >= 11 is 0. The first-order valence-corrected chi connectivity index (χ1v) is 7.97. The normalized spacial score (nSPS) is 12.6. The summed E-state index contributed by atoms with van der Waals surface area (Å²) in [6.07, 6.45) is 22.5. The molecule has 0 saturated heterocycles. The van der Waals surface area contributed by atoms with Crippen molar-refractivity contribution < 1.29 is 0 Å². The van der Waals surface area contributed by atoms with E-state index < -0.39 is 0 Å². The van der Waals surface area contributed by atoms with Gasteiger partial charge in [-0.3, -0.25) is 0 Å². The van der Waals surface area contributed by atoms with Gasteiger partial charge in [-0.15, -0.1) is 6.58 Å². The van der Waals surface area contributed by atoms with Crippen molar-refractivity contribution in [1.29, 1.82) is 0 Å². The van der Waals surface area contributed by atoms with E-state index >= 15 is 0 Å². The molecule has 0 heteroatoms. The van der Waals surface area contributed by atoms with Gasteiger partial charge in [0, 0.05) is 0 Å². The molecular formula is C19H34. The third-order valence-electron chi connectivity index (χ3n) is 3.21. The first-order chi connectivity index (χ1) is 9.06. The largest absolute Gasteiger partial charge is 0.103 e. The number of hydrogen-bond donors (Lipinski definition) is 0. The summed E-state index contributed by atoms with van der Waals surface area (Å²) in [5, 5.41) is 0. The number of unbranched alkanes of at least 4 members (excludes halogenated alkanes) is 5. The van der Waals surface area contributed by atoms with E-state index in [9.17, 15) is 0 Å². The zero-order valence-corrected chi connectivity index (χ0v) is 13.5. The van der Waals surface area contributed by atoms with Crippen LogP contribution in [0.4, 0.5) is 0 Å². The van der Waals surface area contributed by atoms with Crippen molar-refractivity contribution in [3.8, 4) is 0 Å². The molecule has 0 bridgehead atoms. The van der Waals surface area contributed by atoms with Crippen molar-refractivity contribution in [2.75, 3.05) is 0 Å². The average molecular weight is 262 g/mol. The van der Waals surface area contributed by atoms with E-state index in [-0.39, 0.29) is 0 Å². The lowest BCUT2D eigenvalue weighted by Crippen LogP contribution is -2.03. The van der Waals surface area contributed by atoms with Gasteiger partial charge in [0.05, 0.1) is 0 Å². The molecule has 0 radical (unpaired) electrons. The Labute approximate surface area is 121 Å². The zero-order chi connectivity index (χ0) is 14.4. The van der Waals surface area contributed by atoms with Crippen molar-refractivity contribution in [2.45, 2.75) is 78.6 Å². The van der Waals surface area contributed by atoms with E-state index in [1.807, 2.05) is 6.08 Å². The van der Waals surface area contributed by atoms with Crippen molar-refractivity contribution in [2.24, 2.45) is 5.41 Å². The van der Waals surface area contributed by atoms with Crippen LogP contribution in [0.1, 0.15) is 78.6 Å². The van der Waals surface area contributed by atoms with Crippen LogP contribution in [0.2, 0.25) is 0 Å². The predicted octanol–water partition coefficient (Wildman–Crippen LogP) is 6.84. The maximum Gasteiger partial charge on any atom is -0.0169 e. The second-order valence-electron chi connectivity index (χ2n) is 6.57. The Morgan fingerprint density at radius 2 is 1.32 bits per heavy atom. The fourth-order valence-corrected chi connectivity index (χ4v) is 2.03. The van der Waals surface area contributed by atoms with Crippen LogP contribution in [-0.4, -0.2) is 0 Å². The monoisotopic (exact) mass is 262 g/mol. The van der Waals surface area contributed by atoms with Gasteiger partial charge in [-0.25, -0.2) is 0 Å². The number of rotatable bonds is 11. The van der Waals surface area contributed by atoms with Crippen molar-refractivity contribution in [3.05, 3.63) is 37.0 Å². The van der Waals surface area contributed by atoms with Crippen LogP contribution < -0.4 is 0 Å². The summed E-state index contributed by atoms with van der Waals surface area (Å²) in [4.78, 5) is 0. The molecule has 0 saturated carbocycles. The third kappa shape index (κ3) is 17.2. The zero-order valence-electron chi connectivity index (χ0n) is 13.5. The van der Waals surface area contributed by atoms with Crippen LogP contribution in [-0.2, 0) is 0 Å². The van der Waals surface area contributed by atoms with Crippen LogP contribution in [0.25, 0.3) is 0 Å². The second-order valence-corrected chi connectivity index (χ2v) is 6.57. The fraction of sp³-hybridized carbons (Fsp3) is 0.684. The lowest BCUT2D eigenvalue weighted by Gasteiger charge is -2.17. The van der Waals surface area contributed by atoms with E-state index in [2.05, 4.69) is 51.7 Å². The molecule has 0 aliphatic rings. The molecule has 0 aromatic heterocycles. The topological polar surface area (TPSA) is 0 Å². The van der Waals surface area contributed by atoms with Gasteiger partial charge in [0.25, 0.3) is 0 Å². The molecule has 0 atom stereocenters. The molecule has 0 N–H and O–H groups in total. The minimum atomic E-state index is 0.516. The molecule has 0 aromatic carbocycles. The van der Waals surface area contributed by atoms with Gasteiger partial charge in [0.2, 0.25) is 0 Å². The Bertz CT molecular complexity index is 250. The second kappa shape index (κ2) is 12.3. The summed E-state index contributed by atoms with van der Waals surface area (Å²) in [7, 11) is 0.